The maximum atomic E-state index is 12.9. The van der Waals surface area contributed by atoms with Crippen LogP contribution in [0.5, 0.6) is 5.75 Å². The number of H-pyrrole nitrogens is 1. The second-order valence-corrected chi connectivity index (χ2v) is 8.62. The van der Waals surface area contributed by atoms with Gasteiger partial charge in [0.05, 0.1) is 0 Å². The number of fused-ring (bicyclic) bond motifs is 1. The average Bonchev–Trinajstić information content (AvgIpc) is 3.06. The Morgan fingerprint density at radius 1 is 1.23 bits per heavy atom. The van der Waals surface area contributed by atoms with E-state index in [1.165, 1.54) is 18.2 Å². The fourth-order valence-corrected chi connectivity index (χ4v) is 3.55. The van der Waals surface area contributed by atoms with Crippen molar-refractivity contribution < 1.29 is 32.2 Å². The number of rotatable bonds is 4. The molecule has 0 radical (unpaired) electrons. The molecule has 1 atom stereocenters. The molecule has 2 N–H and O–H groups in total. The SMILES string of the molecule is CC(C)(C)OC(=O)NCC1CCCN(C(=O)c2cc3ccc(OC(F)(F)F)cc3[nH]2)C1. The summed E-state index contributed by atoms with van der Waals surface area (Å²) >= 11 is 0. The van der Waals surface area contributed by atoms with E-state index in [4.69, 9.17) is 4.74 Å². The molecule has 1 aliphatic heterocycles. The summed E-state index contributed by atoms with van der Waals surface area (Å²) in [5.41, 5.74) is 0.0874. The quantitative estimate of drug-likeness (QED) is 0.735. The molecule has 0 spiro atoms. The first-order valence-corrected chi connectivity index (χ1v) is 10.0. The van der Waals surface area contributed by atoms with Gasteiger partial charge in [-0.25, -0.2) is 4.79 Å². The number of nitrogens with zero attached hydrogens (tertiary/aromatic N) is 1. The van der Waals surface area contributed by atoms with Gasteiger partial charge in [0, 0.05) is 36.6 Å². The second-order valence-electron chi connectivity index (χ2n) is 8.62. The number of aromatic amines is 1. The van der Waals surface area contributed by atoms with E-state index in [0.29, 0.717) is 36.2 Å². The fraction of sp³-hybridized carbons (Fsp3) is 0.524. The van der Waals surface area contributed by atoms with Crippen LogP contribution in [0.1, 0.15) is 44.1 Å². The number of ether oxygens (including phenoxy) is 2. The van der Waals surface area contributed by atoms with Gasteiger partial charge in [-0.15, -0.1) is 13.2 Å². The topological polar surface area (TPSA) is 83.7 Å². The van der Waals surface area contributed by atoms with Crippen molar-refractivity contribution in [3.63, 3.8) is 0 Å². The van der Waals surface area contributed by atoms with Crippen molar-refractivity contribution in [3.8, 4) is 5.75 Å². The van der Waals surface area contributed by atoms with Gasteiger partial charge in [-0.1, -0.05) is 0 Å². The van der Waals surface area contributed by atoms with Gasteiger partial charge < -0.3 is 24.7 Å². The largest absolute Gasteiger partial charge is 0.573 e. The van der Waals surface area contributed by atoms with E-state index in [1.54, 1.807) is 31.7 Å². The molecule has 7 nitrogen and oxygen atoms in total. The summed E-state index contributed by atoms with van der Waals surface area (Å²) in [6.45, 7) is 6.78. The lowest BCUT2D eigenvalue weighted by atomic mass is 9.98. The van der Waals surface area contributed by atoms with Crippen molar-refractivity contribution >= 4 is 22.9 Å². The predicted molar refractivity (Wildman–Crippen MR) is 108 cm³/mol. The van der Waals surface area contributed by atoms with Gasteiger partial charge in [-0.05, 0) is 57.7 Å². The molecule has 0 saturated carbocycles. The molecule has 31 heavy (non-hydrogen) atoms. The van der Waals surface area contributed by atoms with Crippen molar-refractivity contribution in [3.05, 3.63) is 30.0 Å². The fourth-order valence-electron chi connectivity index (χ4n) is 3.55. The number of likely N-dealkylation sites (tertiary alicyclic amines) is 1. The molecule has 2 heterocycles. The molecule has 1 aromatic carbocycles. The monoisotopic (exact) mass is 441 g/mol. The van der Waals surface area contributed by atoms with Crippen LogP contribution >= 0.6 is 0 Å². The van der Waals surface area contributed by atoms with Crippen LogP contribution in [0.3, 0.4) is 0 Å². The number of amides is 2. The summed E-state index contributed by atoms with van der Waals surface area (Å²) in [6, 6.07) is 5.49. The molecular formula is C21H26F3N3O4. The summed E-state index contributed by atoms with van der Waals surface area (Å²) in [7, 11) is 0. The van der Waals surface area contributed by atoms with E-state index in [-0.39, 0.29) is 17.6 Å². The Balaban J connectivity index is 1.62. The van der Waals surface area contributed by atoms with Crippen molar-refractivity contribution in [2.24, 2.45) is 5.92 Å². The zero-order chi connectivity index (χ0) is 22.8. The van der Waals surface area contributed by atoms with Gasteiger partial charge in [0.2, 0.25) is 0 Å². The van der Waals surface area contributed by atoms with E-state index in [9.17, 15) is 22.8 Å². The number of halogens is 3. The lowest BCUT2D eigenvalue weighted by Gasteiger charge is -2.32. The molecule has 0 bridgehead atoms. The highest BCUT2D eigenvalue weighted by molar-refractivity contribution is 5.98. The van der Waals surface area contributed by atoms with Gasteiger partial charge in [-0.3, -0.25) is 4.79 Å². The highest BCUT2D eigenvalue weighted by Crippen LogP contribution is 2.27. The minimum absolute atomic E-state index is 0.0846. The van der Waals surface area contributed by atoms with Crippen LogP contribution in [0.4, 0.5) is 18.0 Å². The van der Waals surface area contributed by atoms with Gasteiger partial charge in [0.1, 0.15) is 17.0 Å². The number of alkyl carbamates (subject to hydrolysis) is 1. The number of nitrogens with one attached hydrogen (secondary N) is 2. The number of hydrogen-bond acceptors (Lipinski definition) is 4. The lowest BCUT2D eigenvalue weighted by molar-refractivity contribution is -0.274. The first-order chi connectivity index (χ1) is 14.4. The molecule has 2 aromatic rings. The first kappa shape index (κ1) is 22.8. The van der Waals surface area contributed by atoms with E-state index >= 15 is 0 Å². The Labute approximate surface area is 177 Å². The third-order valence-corrected chi connectivity index (χ3v) is 4.80. The number of benzene rings is 1. The highest BCUT2D eigenvalue weighted by atomic mass is 19.4. The minimum atomic E-state index is -4.78. The zero-order valence-electron chi connectivity index (χ0n) is 17.6. The molecule has 1 saturated heterocycles. The average molecular weight is 441 g/mol. The molecule has 2 amide bonds. The molecule has 1 unspecified atom stereocenters. The molecule has 1 aliphatic rings. The van der Waals surface area contributed by atoms with Gasteiger partial charge in [0.25, 0.3) is 5.91 Å². The number of alkyl halides is 3. The van der Waals surface area contributed by atoms with Crippen LogP contribution < -0.4 is 10.1 Å². The molecule has 0 aliphatic carbocycles. The normalized spacial score (nSPS) is 17.5. The molecule has 1 fully saturated rings. The smallest absolute Gasteiger partial charge is 0.444 e. The first-order valence-electron chi connectivity index (χ1n) is 10.0. The summed E-state index contributed by atoms with van der Waals surface area (Å²) in [5.74, 6) is -0.509. The number of hydrogen-bond donors (Lipinski definition) is 2. The Hall–Kier alpha value is -2.91. The van der Waals surface area contributed by atoms with Crippen LogP contribution in [0.25, 0.3) is 10.9 Å². The highest BCUT2D eigenvalue weighted by Gasteiger charge is 2.31. The van der Waals surface area contributed by atoms with E-state index in [2.05, 4.69) is 15.0 Å². The van der Waals surface area contributed by atoms with E-state index in [0.717, 1.165) is 12.8 Å². The van der Waals surface area contributed by atoms with E-state index < -0.39 is 18.1 Å². The number of carbonyl (C=O) groups is 2. The summed E-state index contributed by atoms with van der Waals surface area (Å²) in [5, 5.41) is 3.35. The Morgan fingerprint density at radius 3 is 2.65 bits per heavy atom. The summed E-state index contributed by atoms with van der Waals surface area (Å²) < 4.78 is 46.4. The maximum Gasteiger partial charge on any atom is 0.573 e. The molecule has 170 valence electrons. The standard InChI is InChI=1S/C21H26F3N3O4/c1-20(2,3)31-19(29)25-11-13-5-4-8-27(12-13)18(28)17-9-14-6-7-15(10-16(14)26-17)30-21(22,23)24/h6-7,9-10,13,26H,4-5,8,11-12H2,1-3H3,(H,25,29). The zero-order valence-corrected chi connectivity index (χ0v) is 17.6. The van der Waals surface area contributed by atoms with Crippen molar-refractivity contribution in [2.45, 2.75) is 45.6 Å². The molecule has 3 rings (SSSR count). The van der Waals surface area contributed by atoms with Crippen LogP contribution in [-0.4, -0.2) is 53.5 Å². The predicted octanol–water partition coefficient (Wildman–Crippen LogP) is 4.44. The summed E-state index contributed by atoms with van der Waals surface area (Å²) in [6.07, 6.45) is -3.63. The number of carbonyl (C=O) groups excluding carboxylic acids is 2. The molecule has 10 heteroatoms. The Kier molecular flexibility index (Phi) is 6.38. The molecular weight excluding hydrogens is 415 g/mol. The number of aromatic nitrogens is 1. The van der Waals surface area contributed by atoms with Crippen molar-refractivity contribution in [1.29, 1.82) is 0 Å². The van der Waals surface area contributed by atoms with Crippen LogP contribution in [0.15, 0.2) is 24.3 Å². The van der Waals surface area contributed by atoms with Gasteiger partial charge in [-0.2, -0.15) is 0 Å². The van der Waals surface area contributed by atoms with Crippen molar-refractivity contribution in [1.82, 2.24) is 15.2 Å². The van der Waals surface area contributed by atoms with E-state index in [1.807, 2.05) is 0 Å². The van der Waals surface area contributed by atoms with Crippen LogP contribution in [0, 0.1) is 5.92 Å². The Morgan fingerprint density at radius 2 is 1.97 bits per heavy atom. The van der Waals surface area contributed by atoms with Gasteiger partial charge in [0.15, 0.2) is 0 Å². The third kappa shape index (κ3) is 6.53. The minimum Gasteiger partial charge on any atom is -0.444 e. The van der Waals surface area contributed by atoms with Crippen LogP contribution in [0.2, 0.25) is 0 Å². The maximum absolute atomic E-state index is 12.9. The van der Waals surface area contributed by atoms with Gasteiger partial charge >= 0.3 is 12.5 Å². The Bertz CT molecular complexity index is 949. The third-order valence-electron chi connectivity index (χ3n) is 4.80. The number of piperidine rings is 1. The summed E-state index contributed by atoms with van der Waals surface area (Å²) in [4.78, 5) is 29.3. The van der Waals surface area contributed by atoms with Crippen molar-refractivity contribution in [2.75, 3.05) is 19.6 Å². The second kappa shape index (κ2) is 8.68. The van der Waals surface area contributed by atoms with Crippen LogP contribution in [-0.2, 0) is 4.74 Å². The molecule has 1 aromatic heterocycles. The lowest BCUT2D eigenvalue weighted by Crippen LogP contribution is -2.44.